The fraction of sp³-hybridized carbons (Fsp3) is 0.211. The number of benzene rings is 2. The van der Waals surface area contributed by atoms with Gasteiger partial charge in [-0.05, 0) is 29.1 Å². The molecule has 0 spiro atoms. The number of sulfone groups is 1. The van der Waals surface area contributed by atoms with Gasteiger partial charge in [-0.2, -0.15) is 0 Å². The third-order valence-electron chi connectivity index (χ3n) is 3.66. The number of fused-ring (bicyclic) bond motifs is 1. The van der Waals surface area contributed by atoms with Gasteiger partial charge in [-0.3, -0.25) is 4.79 Å². The maximum absolute atomic E-state index is 12.2. The highest BCUT2D eigenvalue weighted by Crippen LogP contribution is 2.28. The van der Waals surface area contributed by atoms with E-state index < -0.39 is 9.84 Å². The first-order valence-corrected chi connectivity index (χ1v) is 9.66. The standard InChI is InChI=1S/C17H15NO3S.C2H6/c1-18-11-16(14-8-3-4-9-15(14)17(18)19)12-6-5-7-13(10-12)22(2,20)21;1-2/h3-11H,1-2H3;1-2H3. The molecule has 24 heavy (non-hydrogen) atoms. The molecule has 0 aliphatic heterocycles. The first kappa shape index (κ1) is 17.9. The van der Waals surface area contributed by atoms with Crippen molar-refractivity contribution in [2.45, 2.75) is 18.7 Å². The lowest BCUT2D eigenvalue weighted by Gasteiger charge is -2.10. The van der Waals surface area contributed by atoms with Gasteiger partial charge in [0.25, 0.3) is 5.56 Å². The van der Waals surface area contributed by atoms with Crippen molar-refractivity contribution in [3.05, 3.63) is 65.1 Å². The minimum Gasteiger partial charge on any atom is -0.317 e. The van der Waals surface area contributed by atoms with Crippen LogP contribution in [0.1, 0.15) is 13.8 Å². The Labute approximate surface area is 142 Å². The summed E-state index contributed by atoms with van der Waals surface area (Å²) >= 11 is 0. The summed E-state index contributed by atoms with van der Waals surface area (Å²) in [4.78, 5) is 12.5. The van der Waals surface area contributed by atoms with Crippen molar-refractivity contribution in [1.29, 1.82) is 0 Å². The van der Waals surface area contributed by atoms with E-state index in [2.05, 4.69) is 0 Å². The van der Waals surface area contributed by atoms with Crippen molar-refractivity contribution in [3.8, 4) is 11.1 Å². The SMILES string of the molecule is CC.Cn1cc(-c2cccc(S(C)(=O)=O)c2)c2ccccc2c1=O. The number of rotatable bonds is 2. The Kier molecular flexibility index (Phi) is 5.24. The smallest absolute Gasteiger partial charge is 0.258 e. The van der Waals surface area contributed by atoms with Crippen LogP contribution in [0.4, 0.5) is 0 Å². The molecule has 0 atom stereocenters. The lowest BCUT2D eigenvalue weighted by atomic mass is 10.0. The summed E-state index contributed by atoms with van der Waals surface area (Å²) in [6, 6.07) is 14.1. The predicted molar refractivity (Wildman–Crippen MR) is 99.1 cm³/mol. The molecule has 0 fully saturated rings. The minimum atomic E-state index is -3.27. The Morgan fingerprint density at radius 1 is 0.917 bits per heavy atom. The van der Waals surface area contributed by atoms with Gasteiger partial charge in [0.1, 0.15) is 0 Å². The highest BCUT2D eigenvalue weighted by molar-refractivity contribution is 7.90. The van der Waals surface area contributed by atoms with Crippen LogP contribution in [0, 0.1) is 0 Å². The van der Waals surface area contributed by atoms with Crippen LogP contribution in [0.2, 0.25) is 0 Å². The molecule has 0 saturated carbocycles. The van der Waals surface area contributed by atoms with Crippen LogP contribution >= 0.6 is 0 Å². The van der Waals surface area contributed by atoms with Gasteiger partial charge in [-0.25, -0.2) is 8.42 Å². The second-order valence-electron chi connectivity index (χ2n) is 5.30. The molecule has 4 nitrogen and oxygen atoms in total. The van der Waals surface area contributed by atoms with Crippen LogP contribution in [0.5, 0.6) is 0 Å². The number of nitrogens with zero attached hydrogens (tertiary/aromatic N) is 1. The molecule has 0 unspecified atom stereocenters. The fourth-order valence-electron chi connectivity index (χ4n) is 2.54. The van der Waals surface area contributed by atoms with E-state index in [1.54, 1.807) is 37.5 Å². The average Bonchev–Trinajstić information content (AvgIpc) is 2.59. The number of aromatic nitrogens is 1. The van der Waals surface area contributed by atoms with Crippen LogP contribution in [-0.2, 0) is 16.9 Å². The van der Waals surface area contributed by atoms with E-state index in [9.17, 15) is 13.2 Å². The van der Waals surface area contributed by atoms with Crippen molar-refractivity contribution < 1.29 is 8.42 Å². The molecule has 2 aromatic carbocycles. The molecule has 0 aliphatic rings. The maximum atomic E-state index is 12.2. The minimum absolute atomic E-state index is 0.0707. The molecule has 0 saturated heterocycles. The number of hydrogen-bond acceptors (Lipinski definition) is 3. The van der Waals surface area contributed by atoms with Crippen molar-refractivity contribution in [3.63, 3.8) is 0 Å². The van der Waals surface area contributed by atoms with E-state index >= 15 is 0 Å². The molecule has 1 heterocycles. The fourth-order valence-corrected chi connectivity index (χ4v) is 3.21. The zero-order valence-electron chi connectivity index (χ0n) is 14.3. The van der Waals surface area contributed by atoms with Gasteiger partial charge in [0, 0.05) is 30.4 Å². The van der Waals surface area contributed by atoms with E-state index in [0.29, 0.717) is 5.39 Å². The van der Waals surface area contributed by atoms with Crippen molar-refractivity contribution in [1.82, 2.24) is 4.57 Å². The molecule has 5 heteroatoms. The van der Waals surface area contributed by atoms with Crippen LogP contribution < -0.4 is 5.56 Å². The molecule has 126 valence electrons. The molecule has 0 bridgehead atoms. The highest BCUT2D eigenvalue weighted by atomic mass is 32.2. The zero-order chi connectivity index (χ0) is 17.9. The van der Waals surface area contributed by atoms with Gasteiger partial charge in [0.2, 0.25) is 0 Å². The van der Waals surface area contributed by atoms with Gasteiger partial charge < -0.3 is 4.57 Å². The molecule has 0 amide bonds. The topological polar surface area (TPSA) is 56.1 Å². The number of hydrogen-bond donors (Lipinski definition) is 0. The van der Waals surface area contributed by atoms with Crippen LogP contribution in [0.15, 0.2) is 64.4 Å². The van der Waals surface area contributed by atoms with E-state index in [-0.39, 0.29) is 10.5 Å². The molecule has 0 aliphatic carbocycles. The summed E-state index contributed by atoms with van der Waals surface area (Å²) in [6.45, 7) is 4.00. The molecule has 3 rings (SSSR count). The summed E-state index contributed by atoms with van der Waals surface area (Å²) in [5, 5.41) is 1.43. The average molecular weight is 343 g/mol. The second-order valence-corrected chi connectivity index (χ2v) is 7.32. The van der Waals surface area contributed by atoms with Crippen LogP contribution in [-0.4, -0.2) is 19.2 Å². The largest absolute Gasteiger partial charge is 0.317 e. The third-order valence-corrected chi connectivity index (χ3v) is 4.77. The molecular formula is C19H21NO3S. The summed E-state index contributed by atoms with van der Waals surface area (Å²) in [6.07, 6.45) is 2.93. The predicted octanol–water partition coefficient (Wildman–Crippen LogP) is 3.64. The Hall–Kier alpha value is -2.40. The van der Waals surface area contributed by atoms with Crippen molar-refractivity contribution in [2.75, 3.05) is 6.26 Å². The highest BCUT2D eigenvalue weighted by Gasteiger charge is 2.12. The maximum Gasteiger partial charge on any atom is 0.258 e. The number of pyridine rings is 1. The van der Waals surface area contributed by atoms with Crippen LogP contribution in [0.3, 0.4) is 0 Å². The summed E-state index contributed by atoms with van der Waals surface area (Å²) in [5.41, 5.74) is 1.54. The first-order chi connectivity index (χ1) is 11.4. The van der Waals surface area contributed by atoms with Gasteiger partial charge in [0.15, 0.2) is 9.84 Å². The Morgan fingerprint density at radius 2 is 1.54 bits per heavy atom. The van der Waals surface area contributed by atoms with E-state index in [1.807, 2.05) is 38.1 Å². The van der Waals surface area contributed by atoms with E-state index in [1.165, 1.54) is 10.8 Å². The number of aryl methyl sites for hydroxylation is 1. The molecule has 0 radical (unpaired) electrons. The molecule has 1 aromatic heterocycles. The molecule has 3 aromatic rings. The Balaban J connectivity index is 0.00000100. The lowest BCUT2D eigenvalue weighted by Crippen LogP contribution is -2.16. The second kappa shape index (κ2) is 7.01. The quantitative estimate of drug-likeness (QED) is 0.714. The van der Waals surface area contributed by atoms with E-state index in [0.717, 1.165) is 16.5 Å². The summed E-state index contributed by atoms with van der Waals surface area (Å²) in [7, 11) is -1.58. The van der Waals surface area contributed by atoms with Gasteiger partial charge in [0.05, 0.1) is 4.90 Å². The normalized spacial score (nSPS) is 11.0. The molecular weight excluding hydrogens is 322 g/mol. The summed E-state index contributed by atoms with van der Waals surface area (Å²) < 4.78 is 25.0. The van der Waals surface area contributed by atoms with Crippen LogP contribution in [0.25, 0.3) is 21.9 Å². The summed E-state index contributed by atoms with van der Waals surface area (Å²) in [5.74, 6) is 0. The Bertz CT molecular complexity index is 1030. The first-order valence-electron chi connectivity index (χ1n) is 7.77. The van der Waals surface area contributed by atoms with Gasteiger partial charge in [-0.1, -0.05) is 44.2 Å². The molecule has 0 N–H and O–H groups in total. The zero-order valence-corrected chi connectivity index (χ0v) is 15.1. The van der Waals surface area contributed by atoms with E-state index in [4.69, 9.17) is 0 Å². The Morgan fingerprint density at radius 3 is 2.17 bits per heavy atom. The third kappa shape index (κ3) is 3.41. The lowest BCUT2D eigenvalue weighted by molar-refractivity contribution is 0.602. The van der Waals surface area contributed by atoms with Crippen molar-refractivity contribution in [2.24, 2.45) is 7.05 Å². The monoisotopic (exact) mass is 343 g/mol. The van der Waals surface area contributed by atoms with Gasteiger partial charge in [-0.15, -0.1) is 0 Å². The van der Waals surface area contributed by atoms with Crippen molar-refractivity contribution >= 4 is 20.6 Å². The van der Waals surface area contributed by atoms with Gasteiger partial charge >= 0.3 is 0 Å².